The lowest BCUT2D eigenvalue weighted by atomic mass is 10.2. The molecule has 0 aromatic rings. The standard InChI is InChI=1S/C14H32O4Si/c1-5-7-9-11-13-19(15-3,16-4)18-14-17-12-10-8-6-2/h5-14H2,1-4H3. The van der Waals surface area contributed by atoms with Gasteiger partial charge in [0.25, 0.3) is 0 Å². The van der Waals surface area contributed by atoms with Crippen LogP contribution in [-0.4, -0.2) is 36.4 Å². The van der Waals surface area contributed by atoms with E-state index in [0.717, 1.165) is 25.5 Å². The molecule has 116 valence electrons. The molecule has 0 spiro atoms. The Morgan fingerprint density at radius 3 is 2.00 bits per heavy atom. The zero-order chi connectivity index (χ0) is 14.4. The Balaban J connectivity index is 3.81. The van der Waals surface area contributed by atoms with Crippen molar-refractivity contribution >= 4 is 8.80 Å². The van der Waals surface area contributed by atoms with Crippen LogP contribution in [0, 0.1) is 0 Å². The van der Waals surface area contributed by atoms with Gasteiger partial charge in [0.1, 0.15) is 6.79 Å². The van der Waals surface area contributed by atoms with E-state index in [1.165, 1.54) is 32.1 Å². The van der Waals surface area contributed by atoms with Crippen LogP contribution in [0.2, 0.25) is 6.04 Å². The Kier molecular flexibility index (Phi) is 13.1. The molecule has 0 atom stereocenters. The first-order valence-electron chi connectivity index (χ1n) is 7.56. The van der Waals surface area contributed by atoms with Crippen LogP contribution in [0.3, 0.4) is 0 Å². The second kappa shape index (κ2) is 13.1. The van der Waals surface area contributed by atoms with Crippen molar-refractivity contribution in [2.45, 2.75) is 64.8 Å². The Morgan fingerprint density at radius 2 is 1.42 bits per heavy atom. The van der Waals surface area contributed by atoms with Gasteiger partial charge in [-0.25, -0.2) is 0 Å². The summed E-state index contributed by atoms with van der Waals surface area (Å²) in [4.78, 5) is 0. The molecule has 0 N–H and O–H groups in total. The van der Waals surface area contributed by atoms with Gasteiger partial charge in [0.15, 0.2) is 0 Å². The number of unbranched alkanes of at least 4 members (excludes halogenated alkanes) is 5. The summed E-state index contributed by atoms with van der Waals surface area (Å²) in [6, 6.07) is 0.873. The summed E-state index contributed by atoms with van der Waals surface area (Å²) in [5.74, 6) is 0. The molecule has 0 rings (SSSR count). The van der Waals surface area contributed by atoms with Crippen molar-refractivity contribution in [2.24, 2.45) is 0 Å². The van der Waals surface area contributed by atoms with Crippen molar-refractivity contribution in [1.82, 2.24) is 0 Å². The van der Waals surface area contributed by atoms with Gasteiger partial charge in [-0.15, -0.1) is 0 Å². The van der Waals surface area contributed by atoms with E-state index in [-0.39, 0.29) is 6.79 Å². The molecule has 0 unspecified atom stereocenters. The van der Waals surface area contributed by atoms with Gasteiger partial charge in [-0.2, -0.15) is 0 Å². The Morgan fingerprint density at radius 1 is 0.789 bits per heavy atom. The maximum Gasteiger partial charge on any atom is 0.502 e. The molecule has 0 fully saturated rings. The number of rotatable bonds is 14. The molecule has 0 bridgehead atoms. The van der Waals surface area contributed by atoms with Crippen LogP contribution in [0.15, 0.2) is 0 Å². The minimum Gasteiger partial charge on any atom is -0.377 e. The fourth-order valence-corrected chi connectivity index (χ4v) is 3.79. The van der Waals surface area contributed by atoms with Crippen molar-refractivity contribution in [1.29, 1.82) is 0 Å². The third-order valence-electron chi connectivity index (χ3n) is 3.21. The molecule has 0 aromatic carbocycles. The van der Waals surface area contributed by atoms with Crippen molar-refractivity contribution in [3.8, 4) is 0 Å². The Bertz CT molecular complexity index is 186. The molecule has 0 aromatic heterocycles. The zero-order valence-electron chi connectivity index (χ0n) is 13.2. The van der Waals surface area contributed by atoms with Crippen molar-refractivity contribution in [3.05, 3.63) is 0 Å². The molecule has 0 radical (unpaired) electrons. The summed E-state index contributed by atoms with van der Waals surface area (Å²) >= 11 is 0. The van der Waals surface area contributed by atoms with Gasteiger partial charge in [0.05, 0.1) is 0 Å². The van der Waals surface area contributed by atoms with E-state index in [1.807, 2.05) is 0 Å². The lowest BCUT2D eigenvalue weighted by Crippen LogP contribution is -2.44. The van der Waals surface area contributed by atoms with Crippen molar-refractivity contribution < 1.29 is 18.0 Å². The molecule has 0 aliphatic rings. The zero-order valence-corrected chi connectivity index (χ0v) is 14.2. The number of hydrogen-bond acceptors (Lipinski definition) is 4. The van der Waals surface area contributed by atoms with Gasteiger partial charge in [0, 0.05) is 26.9 Å². The van der Waals surface area contributed by atoms with E-state index in [1.54, 1.807) is 14.2 Å². The van der Waals surface area contributed by atoms with Gasteiger partial charge in [0.2, 0.25) is 0 Å². The number of hydrogen-bond donors (Lipinski definition) is 0. The highest BCUT2D eigenvalue weighted by Crippen LogP contribution is 2.18. The summed E-state index contributed by atoms with van der Waals surface area (Å²) in [5, 5.41) is 0. The van der Waals surface area contributed by atoms with Gasteiger partial charge in [-0.1, -0.05) is 46.0 Å². The summed E-state index contributed by atoms with van der Waals surface area (Å²) in [6.45, 7) is 5.42. The third kappa shape index (κ3) is 9.57. The monoisotopic (exact) mass is 292 g/mol. The smallest absolute Gasteiger partial charge is 0.377 e. The highest BCUT2D eigenvalue weighted by atomic mass is 28.4. The Labute approximate surface area is 120 Å². The largest absolute Gasteiger partial charge is 0.502 e. The number of ether oxygens (including phenoxy) is 1. The van der Waals surface area contributed by atoms with E-state index >= 15 is 0 Å². The van der Waals surface area contributed by atoms with Crippen LogP contribution in [0.5, 0.6) is 0 Å². The van der Waals surface area contributed by atoms with Gasteiger partial charge >= 0.3 is 8.80 Å². The van der Waals surface area contributed by atoms with Crippen molar-refractivity contribution in [2.75, 3.05) is 27.6 Å². The first-order chi connectivity index (χ1) is 9.24. The van der Waals surface area contributed by atoms with Crippen LogP contribution in [0.25, 0.3) is 0 Å². The van der Waals surface area contributed by atoms with E-state index < -0.39 is 8.80 Å². The lowest BCUT2D eigenvalue weighted by Gasteiger charge is -2.26. The normalized spacial score (nSPS) is 12.0. The highest BCUT2D eigenvalue weighted by molar-refractivity contribution is 6.60. The highest BCUT2D eigenvalue weighted by Gasteiger charge is 2.38. The third-order valence-corrected chi connectivity index (χ3v) is 5.98. The van der Waals surface area contributed by atoms with Crippen LogP contribution in [-0.2, 0) is 18.0 Å². The average molecular weight is 292 g/mol. The fraction of sp³-hybridized carbons (Fsp3) is 1.00. The molecule has 4 nitrogen and oxygen atoms in total. The molecule has 19 heavy (non-hydrogen) atoms. The minimum absolute atomic E-state index is 0.283. The molecular weight excluding hydrogens is 260 g/mol. The van der Waals surface area contributed by atoms with Crippen LogP contribution >= 0.6 is 0 Å². The van der Waals surface area contributed by atoms with E-state index in [9.17, 15) is 0 Å². The molecule has 0 saturated carbocycles. The Hall–Kier alpha value is 0.0569. The summed E-state index contributed by atoms with van der Waals surface area (Å²) in [7, 11) is 0.860. The molecular formula is C14H32O4Si. The predicted molar refractivity (Wildman–Crippen MR) is 80.2 cm³/mol. The maximum absolute atomic E-state index is 5.76. The van der Waals surface area contributed by atoms with Gasteiger partial charge < -0.3 is 18.0 Å². The molecule has 5 heteroatoms. The average Bonchev–Trinajstić information content (AvgIpc) is 2.45. The molecule has 0 aliphatic heterocycles. The predicted octanol–water partition coefficient (Wildman–Crippen LogP) is 3.98. The van der Waals surface area contributed by atoms with Crippen molar-refractivity contribution in [3.63, 3.8) is 0 Å². The molecule has 0 heterocycles. The minimum atomic E-state index is -2.49. The maximum atomic E-state index is 5.76. The summed E-state index contributed by atoms with van der Waals surface area (Å²) in [6.07, 6.45) is 8.28. The van der Waals surface area contributed by atoms with Crippen LogP contribution in [0.1, 0.15) is 58.8 Å². The lowest BCUT2D eigenvalue weighted by molar-refractivity contribution is -0.0339. The van der Waals surface area contributed by atoms with Crippen LogP contribution < -0.4 is 0 Å². The first-order valence-corrected chi connectivity index (χ1v) is 9.49. The second-order valence-electron chi connectivity index (χ2n) is 4.78. The molecule has 0 saturated heterocycles. The van der Waals surface area contributed by atoms with Crippen LogP contribution in [0.4, 0.5) is 0 Å². The van der Waals surface area contributed by atoms with E-state index in [0.29, 0.717) is 0 Å². The van der Waals surface area contributed by atoms with Gasteiger partial charge in [-0.3, -0.25) is 0 Å². The fourth-order valence-electron chi connectivity index (χ4n) is 1.89. The summed E-state index contributed by atoms with van der Waals surface area (Å²) in [5.41, 5.74) is 0. The van der Waals surface area contributed by atoms with E-state index in [4.69, 9.17) is 18.0 Å². The second-order valence-corrected chi connectivity index (χ2v) is 7.75. The topological polar surface area (TPSA) is 36.9 Å². The molecule has 0 amide bonds. The molecule has 0 aliphatic carbocycles. The summed E-state index contributed by atoms with van der Waals surface area (Å²) < 4.78 is 22.3. The van der Waals surface area contributed by atoms with Gasteiger partial charge in [-0.05, 0) is 12.8 Å². The quantitative estimate of drug-likeness (QED) is 0.276. The SMILES string of the molecule is CCCCCC[Si](OC)(OC)OCOCCCCC. The van der Waals surface area contributed by atoms with E-state index in [2.05, 4.69) is 13.8 Å². The first kappa shape index (κ1) is 19.1.